The lowest BCUT2D eigenvalue weighted by Gasteiger charge is -2.12. The van der Waals surface area contributed by atoms with Crippen molar-refractivity contribution >= 4 is 5.97 Å². The van der Waals surface area contributed by atoms with Crippen LogP contribution in [0.15, 0.2) is 0 Å². The van der Waals surface area contributed by atoms with Gasteiger partial charge >= 0.3 is 0 Å². The van der Waals surface area contributed by atoms with Crippen LogP contribution in [0, 0.1) is 5.92 Å². The summed E-state index contributed by atoms with van der Waals surface area (Å²) in [6.45, 7) is 1.76. The van der Waals surface area contributed by atoms with Gasteiger partial charge in [0.15, 0.2) is 0 Å². The predicted molar refractivity (Wildman–Crippen MR) is 32.5 cm³/mol. The molecule has 0 bridgehead atoms. The van der Waals surface area contributed by atoms with Crippen molar-refractivity contribution in [3.8, 4) is 0 Å². The number of aliphatic hydroxyl groups is 1. The van der Waals surface area contributed by atoms with Crippen molar-refractivity contribution in [3.63, 3.8) is 0 Å². The third-order valence-electron chi connectivity index (χ3n) is 1.33. The van der Waals surface area contributed by atoms with Gasteiger partial charge in [-0.15, -0.1) is 0 Å². The Morgan fingerprint density at radius 2 is 2.30 bits per heavy atom. The first kappa shape index (κ1) is 9.39. The van der Waals surface area contributed by atoms with E-state index < -0.39 is 12.0 Å². The number of aliphatic carboxylic acids is 1. The Hall–Kier alpha value is -0.610. The van der Waals surface area contributed by atoms with Gasteiger partial charge in [0.2, 0.25) is 0 Å². The van der Waals surface area contributed by atoms with Gasteiger partial charge in [0.25, 0.3) is 0 Å². The molecule has 0 aromatic carbocycles. The smallest absolute Gasteiger partial charge is 0.125 e. The van der Waals surface area contributed by atoms with E-state index in [1.165, 1.54) is 0 Å². The molecule has 4 heteroatoms. The molecule has 0 aliphatic heterocycles. The average molecular weight is 147 g/mol. The molecule has 0 aromatic rings. The zero-order chi connectivity index (χ0) is 8.15. The molecule has 0 aliphatic rings. The van der Waals surface area contributed by atoms with E-state index in [9.17, 15) is 9.90 Å². The molecule has 0 unspecified atom stereocenters. The number of hydrogen-bond donors (Lipinski definition) is 2. The molecule has 0 rings (SSSR count). The van der Waals surface area contributed by atoms with Crippen LogP contribution in [0.2, 0.25) is 0 Å². The van der Waals surface area contributed by atoms with Gasteiger partial charge in [0.1, 0.15) is 6.04 Å². The highest BCUT2D eigenvalue weighted by Gasteiger charge is 2.11. The number of quaternary nitrogens is 1. The van der Waals surface area contributed by atoms with Gasteiger partial charge in [0.05, 0.1) is 5.97 Å². The minimum Gasteiger partial charge on any atom is -0.544 e. The topological polar surface area (TPSA) is 88.0 Å². The van der Waals surface area contributed by atoms with Gasteiger partial charge in [-0.05, 0) is 5.92 Å². The lowest BCUT2D eigenvalue weighted by atomic mass is 10.0. The quantitative estimate of drug-likeness (QED) is 0.456. The highest BCUT2D eigenvalue weighted by molar-refractivity contribution is 5.69. The number of carbonyl (C=O) groups is 1. The van der Waals surface area contributed by atoms with E-state index in [0.717, 1.165) is 0 Å². The monoisotopic (exact) mass is 147 g/mol. The Morgan fingerprint density at radius 3 is 2.60 bits per heavy atom. The van der Waals surface area contributed by atoms with Crippen LogP contribution in [0.5, 0.6) is 0 Å². The average Bonchev–Trinajstić information content (AvgIpc) is 1.87. The maximum Gasteiger partial charge on any atom is 0.125 e. The molecule has 4 N–H and O–H groups in total. The van der Waals surface area contributed by atoms with Crippen LogP contribution in [-0.2, 0) is 4.79 Å². The third-order valence-corrected chi connectivity index (χ3v) is 1.33. The summed E-state index contributed by atoms with van der Waals surface area (Å²) in [5.74, 6) is -1.17. The molecule has 0 aromatic heterocycles. The van der Waals surface area contributed by atoms with Crippen molar-refractivity contribution in [3.05, 3.63) is 0 Å². The van der Waals surface area contributed by atoms with Gasteiger partial charge < -0.3 is 20.7 Å². The first-order valence-electron chi connectivity index (χ1n) is 3.22. The molecule has 0 saturated carbocycles. The molecule has 60 valence electrons. The molecule has 0 amide bonds. The van der Waals surface area contributed by atoms with Crippen molar-refractivity contribution in [1.29, 1.82) is 0 Å². The molecule has 0 fully saturated rings. The van der Waals surface area contributed by atoms with Crippen molar-refractivity contribution < 1.29 is 20.7 Å². The fraction of sp³-hybridized carbons (Fsp3) is 0.833. The summed E-state index contributed by atoms with van der Waals surface area (Å²) in [5.41, 5.74) is 3.35. The largest absolute Gasteiger partial charge is 0.544 e. The van der Waals surface area contributed by atoms with Crippen molar-refractivity contribution in [1.82, 2.24) is 0 Å². The molecule has 0 aliphatic carbocycles. The number of carboxylic acids is 1. The summed E-state index contributed by atoms with van der Waals surface area (Å²) < 4.78 is 0. The van der Waals surface area contributed by atoms with Crippen LogP contribution in [0.1, 0.15) is 13.3 Å². The van der Waals surface area contributed by atoms with Gasteiger partial charge in [-0.25, -0.2) is 0 Å². The van der Waals surface area contributed by atoms with Gasteiger partial charge in [-0.1, -0.05) is 6.92 Å². The van der Waals surface area contributed by atoms with Crippen LogP contribution in [0.3, 0.4) is 0 Å². The first-order chi connectivity index (χ1) is 4.57. The van der Waals surface area contributed by atoms with Crippen LogP contribution < -0.4 is 10.8 Å². The number of carboxylic acid groups (broad SMARTS) is 1. The number of aliphatic hydroxyl groups excluding tert-OH is 1. The molecule has 2 atom stereocenters. The Balaban J connectivity index is 3.56. The van der Waals surface area contributed by atoms with Crippen LogP contribution >= 0.6 is 0 Å². The Kier molecular flexibility index (Phi) is 3.99. The first-order valence-corrected chi connectivity index (χ1v) is 3.22. The number of carbonyl (C=O) groups excluding carboxylic acids is 1. The summed E-state index contributed by atoms with van der Waals surface area (Å²) in [6.07, 6.45) is 0.374. The highest BCUT2D eigenvalue weighted by Crippen LogP contribution is 2.00. The van der Waals surface area contributed by atoms with E-state index in [1.807, 2.05) is 0 Å². The van der Waals surface area contributed by atoms with Gasteiger partial charge in [0, 0.05) is 13.0 Å². The summed E-state index contributed by atoms with van der Waals surface area (Å²) in [5, 5.41) is 18.6. The lowest BCUT2D eigenvalue weighted by molar-refractivity contribution is -0.440. The second-order valence-corrected chi connectivity index (χ2v) is 2.54. The standard InChI is InChI=1S/C6H13NO3/c1-4(3-8)2-5(7)6(9)10/h4-5,8H,2-3,7H2,1H3,(H,9,10)/t4-,5+/m1/s1. The molecule has 4 nitrogen and oxygen atoms in total. The molecule has 0 saturated heterocycles. The highest BCUT2D eigenvalue weighted by atomic mass is 16.4. The second-order valence-electron chi connectivity index (χ2n) is 2.54. The van der Waals surface area contributed by atoms with Gasteiger partial charge in [-0.2, -0.15) is 0 Å². The molecular formula is C6H13NO3. The maximum atomic E-state index is 10.1. The van der Waals surface area contributed by atoms with Crippen LogP contribution in [0.4, 0.5) is 0 Å². The summed E-state index contributed by atoms with van der Waals surface area (Å²) in [6, 6.07) is -0.706. The SMILES string of the molecule is C[C@@H](CO)C[C@H]([NH3+])C(=O)[O-]. The molecular weight excluding hydrogens is 134 g/mol. The maximum absolute atomic E-state index is 10.1. The Morgan fingerprint density at radius 1 is 1.80 bits per heavy atom. The summed E-state index contributed by atoms with van der Waals surface area (Å²) in [7, 11) is 0. The second kappa shape index (κ2) is 4.24. The summed E-state index contributed by atoms with van der Waals surface area (Å²) in [4.78, 5) is 10.1. The minimum absolute atomic E-state index is 0.000694. The van der Waals surface area contributed by atoms with Crippen LogP contribution in [-0.4, -0.2) is 23.7 Å². The summed E-state index contributed by atoms with van der Waals surface area (Å²) >= 11 is 0. The fourth-order valence-electron chi connectivity index (χ4n) is 0.656. The zero-order valence-electron chi connectivity index (χ0n) is 6.04. The third kappa shape index (κ3) is 3.42. The van der Waals surface area contributed by atoms with E-state index in [0.29, 0.717) is 6.42 Å². The fourth-order valence-corrected chi connectivity index (χ4v) is 0.656. The normalized spacial score (nSPS) is 16.3. The minimum atomic E-state index is -1.15. The molecule has 0 radical (unpaired) electrons. The van der Waals surface area contributed by atoms with Crippen molar-refractivity contribution in [2.24, 2.45) is 5.92 Å². The van der Waals surface area contributed by atoms with E-state index in [-0.39, 0.29) is 12.5 Å². The molecule has 0 spiro atoms. The Bertz CT molecular complexity index is 116. The number of hydrogen-bond acceptors (Lipinski definition) is 3. The van der Waals surface area contributed by atoms with E-state index in [1.54, 1.807) is 6.92 Å². The lowest BCUT2D eigenvalue weighted by Crippen LogP contribution is -2.68. The number of rotatable bonds is 4. The van der Waals surface area contributed by atoms with Crippen molar-refractivity contribution in [2.45, 2.75) is 19.4 Å². The zero-order valence-corrected chi connectivity index (χ0v) is 6.04. The van der Waals surface area contributed by atoms with E-state index in [2.05, 4.69) is 5.73 Å². The van der Waals surface area contributed by atoms with Crippen molar-refractivity contribution in [2.75, 3.05) is 6.61 Å². The van der Waals surface area contributed by atoms with E-state index >= 15 is 0 Å². The predicted octanol–water partition coefficient (Wildman–Crippen LogP) is -2.63. The van der Waals surface area contributed by atoms with Gasteiger partial charge in [-0.3, -0.25) is 0 Å². The Labute approximate surface area is 59.7 Å². The van der Waals surface area contributed by atoms with E-state index in [4.69, 9.17) is 5.11 Å². The molecule has 0 heterocycles. The van der Waals surface area contributed by atoms with Crippen LogP contribution in [0.25, 0.3) is 0 Å². The molecule has 10 heavy (non-hydrogen) atoms.